The number of nitrogens with one attached hydrogen (secondary N) is 2. The van der Waals surface area contributed by atoms with E-state index in [0.29, 0.717) is 34.4 Å². The summed E-state index contributed by atoms with van der Waals surface area (Å²) in [5.41, 5.74) is 3.11. The molecular formula is C22H18Cl2FN3O. The van der Waals surface area contributed by atoms with Gasteiger partial charge in [0, 0.05) is 22.7 Å². The number of aromatic amines is 1. The van der Waals surface area contributed by atoms with Gasteiger partial charge < -0.3 is 15.0 Å². The van der Waals surface area contributed by atoms with Crippen LogP contribution in [-0.4, -0.2) is 9.97 Å². The number of aromatic nitrogens is 2. The van der Waals surface area contributed by atoms with Gasteiger partial charge in [0.2, 0.25) is 0 Å². The molecule has 4 rings (SSSR count). The van der Waals surface area contributed by atoms with Gasteiger partial charge in [-0.15, -0.1) is 0 Å². The van der Waals surface area contributed by atoms with Crippen LogP contribution >= 0.6 is 23.2 Å². The van der Waals surface area contributed by atoms with Gasteiger partial charge in [-0.1, -0.05) is 41.4 Å². The number of benzene rings is 3. The fraction of sp³-hybridized carbons (Fsp3) is 0.136. The molecule has 4 nitrogen and oxygen atoms in total. The summed E-state index contributed by atoms with van der Waals surface area (Å²) in [7, 11) is 0. The molecule has 0 saturated heterocycles. The Kier molecular flexibility index (Phi) is 6.00. The van der Waals surface area contributed by atoms with Gasteiger partial charge in [0.15, 0.2) is 0 Å². The first kappa shape index (κ1) is 19.7. The lowest BCUT2D eigenvalue weighted by molar-refractivity contribution is 0.296. The van der Waals surface area contributed by atoms with E-state index >= 15 is 0 Å². The Hall–Kier alpha value is -2.60. The number of nitrogens with zero attached hydrogens (tertiary/aromatic N) is 1. The van der Waals surface area contributed by atoms with Crippen molar-refractivity contribution in [2.24, 2.45) is 0 Å². The molecule has 1 aromatic heterocycles. The van der Waals surface area contributed by atoms with Gasteiger partial charge >= 0.3 is 0 Å². The summed E-state index contributed by atoms with van der Waals surface area (Å²) >= 11 is 12.2. The molecule has 148 valence electrons. The zero-order chi connectivity index (χ0) is 20.2. The molecule has 0 atom stereocenters. The van der Waals surface area contributed by atoms with Crippen LogP contribution in [0.1, 0.15) is 17.0 Å². The molecular weight excluding hydrogens is 412 g/mol. The summed E-state index contributed by atoms with van der Waals surface area (Å²) in [6.07, 6.45) is 0. The second-order valence-electron chi connectivity index (χ2n) is 6.55. The summed E-state index contributed by atoms with van der Waals surface area (Å²) in [6, 6.07) is 17.8. The zero-order valence-electron chi connectivity index (χ0n) is 15.4. The first-order chi connectivity index (χ1) is 14.1. The third-order valence-corrected chi connectivity index (χ3v) is 5.09. The van der Waals surface area contributed by atoms with Crippen LogP contribution in [-0.2, 0) is 19.7 Å². The number of fused-ring (bicyclic) bond motifs is 1. The van der Waals surface area contributed by atoms with Crippen LogP contribution in [0.4, 0.5) is 4.39 Å². The van der Waals surface area contributed by atoms with E-state index in [1.165, 1.54) is 6.07 Å². The van der Waals surface area contributed by atoms with Crippen LogP contribution in [0.25, 0.3) is 11.0 Å². The second-order valence-corrected chi connectivity index (χ2v) is 7.39. The van der Waals surface area contributed by atoms with Crippen LogP contribution in [0.5, 0.6) is 5.75 Å². The van der Waals surface area contributed by atoms with Gasteiger partial charge in [-0.2, -0.15) is 0 Å². The minimum atomic E-state index is -0.393. The van der Waals surface area contributed by atoms with Crippen LogP contribution in [0.2, 0.25) is 10.0 Å². The highest BCUT2D eigenvalue weighted by atomic mass is 35.5. The number of rotatable bonds is 7. The number of hydrogen-bond acceptors (Lipinski definition) is 3. The summed E-state index contributed by atoms with van der Waals surface area (Å²) in [5, 5.41) is 4.27. The summed E-state index contributed by atoms with van der Waals surface area (Å²) in [4.78, 5) is 7.83. The van der Waals surface area contributed by atoms with Gasteiger partial charge in [0.25, 0.3) is 0 Å². The van der Waals surface area contributed by atoms with Crippen molar-refractivity contribution >= 4 is 34.2 Å². The van der Waals surface area contributed by atoms with E-state index in [4.69, 9.17) is 27.9 Å². The van der Waals surface area contributed by atoms with Crippen molar-refractivity contribution in [1.82, 2.24) is 15.3 Å². The van der Waals surface area contributed by atoms with E-state index in [0.717, 1.165) is 22.4 Å². The molecule has 0 unspecified atom stereocenters. The normalized spacial score (nSPS) is 11.1. The largest absolute Gasteiger partial charge is 0.488 e. The smallest absolute Gasteiger partial charge is 0.131 e. The molecule has 0 fully saturated rings. The lowest BCUT2D eigenvalue weighted by Gasteiger charge is -2.13. The number of hydrogen-bond donors (Lipinski definition) is 2. The highest BCUT2D eigenvalue weighted by molar-refractivity contribution is 6.31. The Morgan fingerprint density at radius 3 is 2.69 bits per heavy atom. The minimum Gasteiger partial charge on any atom is -0.488 e. The molecule has 7 heteroatoms. The molecule has 0 aliphatic carbocycles. The van der Waals surface area contributed by atoms with E-state index in [2.05, 4.69) is 15.3 Å². The SMILES string of the molecule is Fc1cccc(Cl)c1COc1ccc(Cl)cc1CNCc1nc2ccccc2[nH]1. The van der Waals surface area contributed by atoms with E-state index < -0.39 is 5.82 Å². The minimum absolute atomic E-state index is 0.0315. The predicted octanol–water partition coefficient (Wildman–Crippen LogP) is 5.88. The molecule has 0 bridgehead atoms. The van der Waals surface area contributed by atoms with Crippen molar-refractivity contribution in [3.8, 4) is 5.75 Å². The molecule has 1 heterocycles. The maximum absolute atomic E-state index is 14.0. The zero-order valence-corrected chi connectivity index (χ0v) is 16.9. The molecule has 2 N–H and O–H groups in total. The molecule has 0 saturated carbocycles. The van der Waals surface area contributed by atoms with Crippen molar-refractivity contribution in [2.75, 3.05) is 0 Å². The number of imidazole rings is 1. The van der Waals surface area contributed by atoms with E-state index in [1.807, 2.05) is 30.3 Å². The van der Waals surface area contributed by atoms with Crippen molar-refractivity contribution in [1.29, 1.82) is 0 Å². The second kappa shape index (κ2) is 8.82. The molecule has 4 aromatic rings. The summed E-state index contributed by atoms with van der Waals surface area (Å²) < 4.78 is 19.8. The third-order valence-electron chi connectivity index (χ3n) is 4.50. The van der Waals surface area contributed by atoms with Crippen LogP contribution in [0, 0.1) is 5.82 Å². The van der Waals surface area contributed by atoms with Crippen molar-refractivity contribution in [3.63, 3.8) is 0 Å². The number of H-pyrrole nitrogens is 1. The van der Waals surface area contributed by atoms with Gasteiger partial charge in [-0.3, -0.25) is 0 Å². The quantitative estimate of drug-likeness (QED) is 0.385. The Morgan fingerprint density at radius 2 is 1.86 bits per heavy atom. The number of para-hydroxylation sites is 2. The summed E-state index contributed by atoms with van der Waals surface area (Å²) in [6.45, 7) is 1.10. The Morgan fingerprint density at radius 1 is 1.00 bits per heavy atom. The highest BCUT2D eigenvalue weighted by Crippen LogP contribution is 2.26. The topological polar surface area (TPSA) is 49.9 Å². The first-order valence-corrected chi connectivity index (χ1v) is 9.84. The molecule has 0 spiro atoms. The Balaban J connectivity index is 1.43. The standard InChI is InChI=1S/C22H18Cl2FN3O/c23-15-8-9-21(29-13-16-17(24)4-3-5-18(16)25)14(10-15)11-26-12-22-27-19-6-1-2-7-20(19)28-22/h1-10,26H,11-13H2,(H,27,28). The van der Waals surface area contributed by atoms with Crippen LogP contribution in [0.15, 0.2) is 60.7 Å². The lowest BCUT2D eigenvalue weighted by atomic mass is 10.2. The average molecular weight is 430 g/mol. The molecule has 0 amide bonds. The van der Waals surface area contributed by atoms with Crippen molar-refractivity contribution < 1.29 is 9.13 Å². The van der Waals surface area contributed by atoms with Crippen LogP contribution in [0.3, 0.4) is 0 Å². The number of halogens is 3. The fourth-order valence-corrected chi connectivity index (χ4v) is 3.46. The van der Waals surface area contributed by atoms with Gasteiger partial charge in [-0.05, 0) is 42.5 Å². The average Bonchev–Trinajstić information content (AvgIpc) is 3.12. The van der Waals surface area contributed by atoms with Crippen LogP contribution < -0.4 is 10.1 Å². The predicted molar refractivity (Wildman–Crippen MR) is 114 cm³/mol. The van der Waals surface area contributed by atoms with Crippen molar-refractivity contribution in [3.05, 3.63) is 93.5 Å². The highest BCUT2D eigenvalue weighted by Gasteiger charge is 2.11. The van der Waals surface area contributed by atoms with E-state index in [9.17, 15) is 4.39 Å². The first-order valence-electron chi connectivity index (χ1n) is 9.08. The van der Waals surface area contributed by atoms with Gasteiger partial charge in [0.05, 0.1) is 22.6 Å². The maximum atomic E-state index is 14.0. The molecule has 3 aromatic carbocycles. The van der Waals surface area contributed by atoms with E-state index in [-0.39, 0.29) is 6.61 Å². The van der Waals surface area contributed by atoms with Gasteiger partial charge in [0.1, 0.15) is 24.0 Å². The van der Waals surface area contributed by atoms with Gasteiger partial charge in [-0.25, -0.2) is 9.37 Å². The molecule has 29 heavy (non-hydrogen) atoms. The maximum Gasteiger partial charge on any atom is 0.131 e. The molecule has 0 radical (unpaired) electrons. The Bertz CT molecular complexity index is 1090. The molecule has 0 aliphatic heterocycles. The lowest BCUT2D eigenvalue weighted by Crippen LogP contribution is -2.14. The monoisotopic (exact) mass is 429 g/mol. The van der Waals surface area contributed by atoms with E-state index in [1.54, 1.807) is 24.3 Å². The number of ether oxygens (including phenoxy) is 1. The summed E-state index contributed by atoms with van der Waals surface area (Å²) in [5.74, 6) is 1.07. The van der Waals surface area contributed by atoms with Crippen molar-refractivity contribution in [2.45, 2.75) is 19.7 Å². The third kappa shape index (κ3) is 4.70. The molecule has 0 aliphatic rings. The Labute approximate surface area is 177 Å². The fourth-order valence-electron chi connectivity index (χ4n) is 3.05.